The molecule has 3 nitrogen and oxygen atoms in total. The number of carbonyl (C=O) groups is 1. The van der Waals surface area contributed by atoms with Gasteiger partial charge in [-0.2, -0.15) is 0 Å². The molecule has 0 radical (unpaired) electrons. The zero-order chi connectivity index (χ0) is 9.10. The quantitative estimate of drug-likeness (QED) is 0.719. The van der Waals surface area contributed by atoms with Gasteiger partial charge in [-0.3, -0.25) is 4.79 Å². The highest BCUT2D eigenvalue weighted by Gasteiger charge is 2.23. The van der Waals surface area contributed by atoms with Crippen LogP contribution in [0.5, 0.6) is 0 Å². The van der Waals surface area contributed by atoms with Gasteiger partial charge in [0.2, 0.25) is 5.91 Å². The highest BCUT2D eigenvalue weighted by molar-refractivity contribution is 5.76. The van der Waals surface area contributed by atoms with E-state index in [0.717, 1.165) is 5.56 Å². The monoisotopic (exact) mass is 178 g/mol. The predicted octanol–water partition coefficient (Wildman–Crippen LogP) is 1.43. The SMILES string of the molecule is O=C(CC1CC1)NCc1cc[nH]c1. The molecule has 0 aliphatic heterocycles. The van der Waals surface area contributed by atoms with Gasteiger partial charge in [-0.1, -0.05) is 0 Å². The Morgan fingerprint density at radius 2 is 2.46 bits per heavy atom. The summed E-state index contributed by atoms with van der Waals surface area (Å²) in [4.78, 5) is 14.2. The molecule has 2 N–H and O–H groups in total. The highest BCUT2D eigenvalue weighted by Crippen LogP contribution is 2.32. The third-order valence-corrected chi connectivity index (χ3v) is 2.32. The van der Waals surface area contributed by atoms with Crippen molar-refractivity contribution >= 4 is 5.91 Å². The average molecular weight is 178 g/mol. The number of hydrogen-bond donors (Lipinski definition) is 2. The fourth-order valence-electron chi connectivity index (χ4n) is 1.33. The summed E-state index contributed by atoms with van der Waals surface area (Å²) in [6.07, 6.45) is 6.94. The molecule has 0 aromatic carbocycles. The second kappa shape index (κ2) is 3.64. The molecule has 2 rings (SSSR count). The Morgan fingerprint density at radius 3 is 3.08 bits per heavy atom. The Balaban J connectivity index is 1.69. The van der Waals surface area contributed by atoms with Crippen molar-refractivity contribution in [3.8, 4) is 0 Å². The third-order valence-electron chi connectivity index (χ3n) is 2.32. The van der Waals surface area contributed by atoms with Crippen LogP contribution in [0, 0.1) is 5.92 Å². The van der Waals surface area contributed by atoms with Crippen LogP contribution in [-0.4, -0.2) is 10.9 Å². The van der Waals surface area contributed by atoms with Gasteiger partial charge in [-0.25, -0.2) is 0 Å². The van der Waals surface area contributed by atoms with Gasteiger partial charge in [0.1, 0.15) is 0 Å². The molecule has 1 amide bonds. The molecule has 1 aromatic heterocycles. The normalized spacial score (nSPS) is 15.7. The van der Waals surface area contributed by atoms with Crippen molar-refractivity contribution in [1.82, 2.24) is 10.3 Å². The smallest absolute Gasteiger partial charge is 0.220 e. The number of aromatic amines is 1. The Hall–Kier alpha value is -1.25. The van der Waals surface area contributed by atoms with E-state index in [9.17, 15) is 4.79 Å². The maximum absolute atomic E-state index is 11.3. The van der Waals surface area contributed by atoms with Crippen molar-refractivity contribution in [3.63, 3.8) is 0 Å². The van der Waals surface area contributed by atoms with Crippen LogP contribution in [0.2, 0.25) is 0 Å². The molecule has 1 aliphatic rings. The van der Waals surface area contributed by atoms with E-state index in [2.05, 4.69) is 10.3 Å². The molecule has 1 aromatic rings. The fraction of sp³-hybridized carbons (Fsp3) is 0.500. The van der Waals surface area contributed by atoms with Crippen molar-refractivity contribution in [1.29, 1.82) is 0 Å². The molecule has 1 fully saturated rings. The minimum Gasteiger partial charge on any atom is -0.367 e. The van der Waals surface area contributed by atoms with Gasteiger partial charge >= 0.3 is 0 Å². The number of amides is 1. The summed E-state index contributed by atoms with van der Waals surface area (Å²) in [5.41, 5.74) is 1.13. The minimum atomic E-state index is 0.184. The summed E-state index contributed by atoms with van der Waals surface area (Å²) in [5.74, 6) is 0.856. The first-order valence-corrected chi connectivity index (χ1v) is 4.73. The number of aromatic nitrogens is 1. The molecule has 1 aliphatic carbocycles. The first-order chi connectivity index (χ1) is 6.34. The summed E-state index contributed by atoms with van der Waals surface area (Å²) in [6, 6.07) is 1.97. The molecule has 0 bridgehead atoms. The molecule has 70 valence electrons. The van der Waals surface area contributed by atoms with Gasteiger partial charge in [-0.15, -0.1) is 0 Å². The van der Waals surface area contributed by atoms with Crippen molar-refractivity contribution in [2.75, 3.05) is 0 Å². The molecule has 1 saturated carbocycles. The molecule has 0 atom stereocenters. The summed E-state index contributed by atoms with van der Waals surface area (Å²) in [5, 5.41) is 2.90. The first-order valence-electron chi connectivity index (χ1n) is 4.73. The molecule has 0 unspecified atom stereocenters. The molecule has 1 heterocycles. The van der Waals surface area contributed by atoms with Crippen LogP contribution in [0.25, 0.3) is 0 Å². The van der Waals surface area contributed by atoms with Gasteiger partial charge < -0.3 is 10.3 Å². The van der Waals surface area contributed by atoms with Crippen molar-refractivity contribution in [2.24, 2.45) is 5.92 Å². The number of hydrogen-bond acceptors (Lipinski definition) is 1. The van der Waals surface area contributed by atoms with E-state index in [1.807, 2.05) is 18.5 Å². The minimum absolute atomic E-state index is 0.184. The molecule has 0 saturated heterocycles. The topological polar surface area (TPSA) is 44.9 Å². The summed E-state index contributed by atoms with van der Waals surface area (Å²) in [7, 11) is 0. The lowest BCUT2D eigenvalue weighted by atomic mass is 10.2. The van der Waals surface area contributed by atoms with Crippen molar-refractivity contribution < 1.29 is 4.79 Å². The van der Waals surface area contributed by atoms with Crippen molar-refractivity contribution in [2.45, 2.75) is 25.8 Å². The van der Waals surface area contributed by atoms with Crippen LogP contribution in [0.3, 0.4) is 0 Å². The summed E-state index contributed by atoms with van der Waals surface area (Å²) < 4.78 is 0. The van der Waals surface area contributed by atoms with Crippen LogP contribution in [0.4, 0.5) is 0 Å². The summed E-state index contributed by atoms with van der Waals surface area (Å²) in [6.45, 7) is 0.648. The zero-order valence-electron chi connectivity index (χ0n) is 7.55. The lowest BCUT2D eigenvalue weighted by Crippen LogP contribution is -2.22. The third kappa shape index (κ3) is 2.61. The molecule has 3 heteroatoms. The lowest BCUT2D eigenvalue weighted by molar-refractivity contribution is -0.121. The average Bonchev–Trinajstić information content (AvgIpc) is 2.78. The van der Waals surface area contributed by atoms with E-state index in [4.69, 9.17) is 0 Å². The molecule has 13 heavy (non-hydrogen) atoms. The maximum atomic E-state index is 11.3. The van der Waals surface area contributed by atoms with E-state index in [1.54, 1.807) is 0 Å². The number of nitrogens with one attached hydrogen (secondary N) is 2. The van der Waals surface area contributed by atoms with Gasteiger partial charge in [-0.05, 0) is 30.4 Å². The van der Waals surface area contributed by atoms with E-state index in [0.29, 0.717) is 18.9 Å². The Morgan fingerprint density at radius 1 is 1.62 bits per heavy atom. The maximum Gasteiger partial charge on any atom is 0.220 e. The van der Waals surface area contributed by atoms with Gasteiger partial charge in [0.25, 0.3) is 0 Å². The Kier molecular flexibility index (Phi) is 2.34. The Bertz CT molecular complexity index is 275. The molecular formula is C10H14N2O. The van der Waals surface area contributed by atoms with E-state index < -0.39 is 0 Å². The van der Waals surface area contributed by atoms with Crippen LogP contribution in [-0.2, 0) is 11.3 Å². The first kappa shape index (κ1) is 8.35. The molecular weight excluding hydrogens is 164 g/mol. The zero-order valence-corrected chi connectivity index (χ0v) is 7.55. The summed E-state index contributed by atoms with van der Waals surface area (Å²) >= 11 is 0. The largest absolute Gasteiger partial charge is 0.367 e. The van der Waals surface area contributed by atoms with Crippen LogP contribution >= 0.6 is 0 Å². The number of H-pyrrole nitrogens is 1. The highest BCUT2D eigenvalue weighted by atomic mass is 16.1. The van der Waals surface area contributed by atoms with E-state index in [-0.39, 0.29) is 5.91 Å². The van der Waals surface area contributed by atoms with Crippen LogP contribution in [0.1, 0.15) is 24.8 Å². The van der Waals surface area contributed by atoms with Gasteiger partial charge in [0, 0.05) is 25.4 Å². The standard InChI is InChI=1S/C10H14N2O/c13-10(5-8-1-2-8)12-7-9-3-4-11-6-9/h3-4,6,8,11H,1-2,5,7H2,(H,12,13). The van der Waals surface area contributed by atoms with E-state index in [1.165, 1.54) is 12.8 Å². The van der Waals surface area contributed by atoms with Gasteiger partial charge in [0.05, 0.1) is 0 Å². The van der Waals surface area contributed by atoms with Crippen LogP contribution < -0.4 is 5.32 Å². The number of rotatable bonds is 4. The Labute approximate surface area is 77.5 Å². The van der Waals surface area contributed by atoms with E-state index >= 15 is 0 Å². The predicted molar refractivity (Wildman–Crippen MR) is 50.0 cm³/mol. The van der Waals surface area contributed by atoms with Crippen LogP contribution in [0.15, 0.2) is 18.5 Å². The second-order valence-electron chi connectivity index (χ2n) is 3.64. The van der Waals surface area contributed by atoms with Crippen molar-refractivity contribution in [3.05, 3.63) is 24.0 Å². The lowest BCUT2D eigenvalue weighted by Gasteiger charge is -2.01. The fourth-order valence-corrected chi connectivity index (χ4v) is 1.33. The number of carbonyl (C=O) groups excluding carboxylic acids is 1. The molecule has 0 spiro atoms. The van der Waals surface area contributed by atoms with Gasteiger partial charge in [0.15, 0.2) is 0 Å². The second-order valence-corrected chi connectivity index (χ2v) is 3.64.